The van der Waals surface area contributed by atoms with Crippen LogP contribution in [-0.2, 0) is 11.3 Å². The van der Waals surface area contributed by atoms with Crippen molar-refractivity contribution in [3.05, 3.63) is 23.7 Å². The van der Waals surface area contributed by atoms with Crippen molar-refractivity contribution in [3.8, 4) is 0 Å². The Morgan fingerprint density at radius 3 is 2.88 bits per heavy atom. The van der Waals surface area contributed by atoms with Gasteiger partial charge in [-0.15, -0.1) is 0 Å². The fraction of sp³-hybridized carbons (Fsp3) is 0.692. The maximum Gasteiger partial charge on any atom is 0.105 e. The van der Waals surface area contributed by atoms with Crippen LogP contribution in [0.3, 0.4) is 0 Å². The molecule has 96 valence electrons. The molecule has 2 heterocycles. The van der Waals surface area contributed by atoms with E-state index in [4.69, 9.17) is 14.9 Å². The maximum atomic E-state index is 5.90. The smallest absolute Gasteiger partial charge is 0.105 e. The van der Waals surface area contributed by atoms with Crippen molar-refractivity contribution in [1.82, 2.24) is 4.90 Å². The number of furan rings is 1. The van der Waals surface area contributed by atoms with E-state index >= 15 is 0 Å². The molecule has 2 rings (SSSR count). The molecule has 0 amide bonds. The highest BCUT2D eigenvalue weighted by molar-refractivity contribution is 5.15. The van der Waals surface area contributed by atoms with Gasteiger partial charge in [-0.2, -0.15) is 0 Å². The molecule has 1 unspecified atom stereocenters. The summed E-state index contributed by atoms with van der Waals surface area (Å²) >= 11 is 0. The molecule has 2 N–H and O–H groups in total. The summed E-state index contributed by atoms with van der Waals surface area (Å²) in [6.07, 6.45) is 2.81. The van der Waals surface area contributed by atoms with E-state index in [0.717, 1.165) is 38.5 Å². The molecule has 1 aliphatic rings. The quantitative estimate of drug-likeness (QED) is 0.842. The standard InChI is InChI=1S/C13H22N2O2/c1-11-12(3-5-17-11)7-15(2)9-13(8-14)4-6-16-10-13/h3,5H,4,6-10,14H2,1-2H3. The molecule has 4 heteroatoms. The Hall–Kier alpha value is -0.840. The van der Waals surface area contributed by atoms with Crippen LogP contribution < -0.4 is 5.73 Å². The number of ether oxygens (including phenoxy) is 1. The van der Waals surface area contributed by atoms with Gasteiger partial charge in [-0.05, 0) is 26.5 Å². The first-order chi connectivity index (χ1) is 8.15. The van der Waals surface area contributed by atoms with Crippen LogP contribution in [0.1, 0.15) is 17.7 Å². The molecule has 0 bridgehead atoms. The van der Waals surface area contributed by atoms with Crippen molar-refractivity contribution in [2.24, 2.45) is 11.1 Å². The molecule has 17 heavy (non-hydrogen) atoms. The van der Waals surface area contributed by atoms with Gasteiger partial charge < -0.3 is 19.8 Å². The van der Waals surface area contributed by atoms with Gasteiger partial charge in [0.2, 0.25) is 0 Å². The molecule has 4 nitrogen and oxygen atoms in total. The van der Waals surface area contributed by atoms with Crippen molar-refractivity contribution in [3.63, 3.8) is 0 Å². The molecule has 1 saturated heterocycles. The molecule has 1 fully saturated rings. The summed E-state index contributed by atoms with van der Waals surface area (Å²) in [4.78, 5) is 2.30. The highest BCUT2D eigenvalue weighted by Crippen LogP contribution is 2.28. The summed E-state index contributed by atoms with van der Waals surface area (Å²) in [5.74, 6) is 1.00. The van der Waals surface area contributed by atoms with E-state index in [1.54, 1.807) is 6.26 Å². The summed E-state index contributed by atoms with van der Waals surface area (Å²) in [5, 5.41) is 0. The van der Waals surface area contributed by atoms with E-state index in [-0.39, 0.29) is 5.41 Å². The molecule has 0 aliphatic carbocycles. The summed E-state index contributed by atoms with van der Waals surface area (Å²) in [6, 6.07) is 2.03. The van der Waals surface area contributed by atoms with Crippen LogP contribution in [0.4, 0.5) is 0 Å². The molecule has 1 aromatic heterocycles. The van der Waals surface area contributed by atoms with Gasteiger partial charge in [0.15, 0.2) is 0 Å². The zero-order valence-corrected chi connectivity index (χ0v) is 10.7. The van der Waals surface area contributed by atoms with Gasteiger partial charge in [-0.25, -0.2) is 0 Å². The van der Waals surface area contributed by atoms with Gasteiger partial charge in [0.05, 0.1) is 12.9 Å². The number of aryl methyl sites for hydroxylation is 1. The fourth-order valence-electron chi connectivity index (χ4n) is 2.49. The number of rotatable bonds is 5. The normalized spacial score (nSPS) is 24.7. The topological polar surface area (TPSA) is 51.6 Å². The van der Waals surface area contributed by atoms with E-state index in [0.29, 0.717) is 6.54 Å². The zero-order valence-electron chi connectivity index (χ0n) is 10.7. The molecule has 1 atom stereocenters. The Morgan fingerprint density at radius 1 is 1.53 bits per heavy atom. The fourth-order valence-corrected chi connectivity index (χ4v) is 2.49. The SMILES string of the molecule is Cc1occc1CN(C)CC1(CN)CCOC1. The lowest BCUT2D eigenvalue weighted by molar-refractivity contribution is 0.123. The zero-order chi connectivity index (χ0) is 12.3. The predicted octanol–water partition coefficient (Wildman–Crippen LogP) is 1.39. The molecule has 1 aromatic rings. The summed E-state index contributed by atoms with van der Waals surface area (Å²) < 4.78 is 10.8. The number of hydrogen-bond acceptors (Lipinski definition) is 4. The molecule has 1 aliphatic heterocycles. The average Bonchev–Trinajstić information content (AvgIpc) is 2.90. The van der Waals surface area contributed by atoms with Crippen LogP contribution in [0.15, 0.2) is 16.7 Å². The van der Waals surface area contributed by atoms with E-state index in [2.05, 4.69) is 11.9 Å². The van der Waals surface area contributed by atoms with E-state index in [9.17, 15) is 0 Å². The second-order valence-electron chi connectivity index (χ2n) is 5.18. The van der Waals surface area contributed by atoms with E-state index in [1.165, 1.54) is 5.56 Å². The first-order valence-electron chi connectivity index (χ1n) is 6.14. The van der Waals surface area contributed by atoms with Gasteiger partial charge in [0.1, 0.15) is 5.76 Å². The van der Waals surface area contributed by atoms with Crippen molar-refractivity contribution in [2.75, 3.05) is 33.4 Å². The molecule has 0 radical (unpaired) electrons. The average molecular weight is 238 g/mol. The molecular formula is C13H22N2O2. The minimum Gasteiger partial charge on any atom is -0.469 e. The third kappa shape index (κ3) is 2.89. The highest BCUT2D eigenvalue weighted by atomic mass is 16.5. The predicted molar refractivity (Wildman–Crippen MR) is 66.7 cm³/mol. The van der Waals surface area contributed by atoms with Gasteiger partial charge in [0, 0.05) is 37.2 Å². The minimum atomic E-state index is 0.145. The van der Waals surface area contributed by atoms with Crippen LogP contribution in [0.2, 0.25) is 0 Å². The molecular weight excluding hydrogens is 216 g/mol. The Morgan fingerprint density at radius 2 is 2.35 bits per heavy atom. The van der Waals surface area contributed by atoms with Gasteiger partial charge >= 0.3 is 0 Å². The third-order valence-corrected chi connectivity index (χ3v) is 3.63. The summed E-state index contributed by atoms with van der Waals surface area (Å²) in [5.41, 5.74) is 7.29. The van der Waals surface area contributed by atoms with Crippen molar-refractivity contribution < 1.29 is 9.15 Å². The van der Waals surface area contributed by atoms with Crippen LogP contribution in [0.25, 0.3) is 0 Å². The molecule has 0 saturated carbocycles. The minimum absolute atomic E-state index is 0.145. The number of hydrogen-bond donors (Lipinski definition) is 1. The van der Waals surface area contributed by atoms with Crippen molar-refractivity contribution >= 4 is 0 Å². The second-order valence-corrected chi connectivity index (χ2v) is 5.18. The van der Waals surface area contributed by atoms with Gasteiger partial charge in [0.25, 0.3) is 0 Å². The first-order valence-corrected chi connectivity index (χ1v) is 6.14. The summed E-state index contributed by atoms with van der Waals surface area (Å²) in [7, 11) is 2.13. The van der Waals surface area contributed by atoms with Crippen LogP contribution >= 0.6 is 0 Å². The Labute approximate surface area is 103 Å². The third-order valence-electron chi connectivity index (χ3n) is 3.63. The van der Waals surface area contributed by atoms with Crippen LogP contribution in [0.5, 0.6) is 0 Å². The summed E-state index contributed by atoms with van der Waals surface area (Å²) in [6.45, 7) is 6.22. The number of nitrogens with zero attached hydrogens (tertiary/aromatic N) is 1. The lowest BCUT2D eigenvalue weighted by Crippen LogP contribution is -2.41. The number of nitrogens with two attached hydrogens (primary N) is 1. The van der Waals surface area contributed by atoms with Gasteiger partial charge in [-0.3, -0.25) is 0 Å². The largest absolute Gasteiger partial charge is 0.469 e. The first kappa shape index (κ1) is 12.6. The van der Waals surface area contributed by atoms with Crippen molar-refractivity contribution in [1.29, 1.82) is 0 Å². The Bertz CT molecular complexity index is 356. The van der Waals surface area contributed by atoms with Crippen LogP contribution in [-0.4, -0.2) is 38.3 Å². The highest BCUT2D eigenvalue weighted by Gasteiger charge is 2.34. The Kier molecular flexibility index (Phi) is 3.86. The molecule has 0 spiro atoms. The van der Waals surface area contributed by atoms with Crippen molar-refractivity contribution in [2.45, 2.75) is 19.9 Å². The van der Waals surface area contributed by atoms with E-state index in [1.807, 2.05) is 13.0 Å². The Balaban J connectivity index is 1.92. The van der Waals surface area contributed by atoms with E-state index < -0.39 is 0 Å². The second kappa shape index (κ2) is 5.21. The van der Waals surface area contributed by atoms with Gasteiger partial charge in [-0.1, -0.05) is 0 Å². The maximum absolute atomic E-state index is 5.90. The lowest BCUT2D eigenvalue weighted by atomic mass is 9.87. The molecule has 0 aromatic carbocycles. The van der Waals surface area contributed by atoms with Crippen LogP contribution in [0, 0.1) is 12.3 Å². The monoisotopic (exact) mass is 238 g/mol. The lowest BCUT2D eigenvalue weighted by Gasteiger charge is -2.30.